The first-order chi connectivity index (χ1) is 7.31. The molecule has 0 aromatic rings. The number of nitrogens with zero attached hydrogens (tertiary/aromatic N) is 1. The average molecular weight is 228 g/mol. The summed E-state index contributed by atoms with van der Waals surface area (Å²) in [6.07, 6.45) is 5.33. The molecule has 0 aromatic heterocycles. The second kappa shape index (κ2) is 5.21. The molecule has 2 heterocycles. The minimum Gasteiger partial charge on any atom is -0.341 e. The van der Waals surface area contributed by atoms with E-state index in [1.54, 1.807) is 11.8 Å². The maximum absolute atomic E-state index is 11.8. The molecule has 2 atom stereocenters. The summed E-state index contributed by atoms with van der Waals surface area (Å²) in [5.74, 6) is 2.02. The molecule has 3 nitrogen and oxygen atoms in total. The Balaban J connectivity index is 1.82. The molecular formula is C11H20N2OS. The molecule has 1 amide bonds. The molecule has 2 fully saturated rings. The maximum atomic E-state index is 11.8. The van der Waals surface area contributed by atoms with E-state index in [0.29, 0.717) is 18.4 Å². The number of nitrogens with one attached hydrogen (secondary N) is 1. The van der Waals surface area contributed by atoms with Crippen molar-refractivity contribution < 1.29 is 4.79 Å². The van der Waals surface area contributed by atoms with Crippen LogP contribution in [0.2, 0.25) is 0 Å². The van der Waals surface area contributed by atoms with Gasteiger partial charge in [0.25, 0.3) is 0 Å². The van der Waals surface area contributed by atoms with Gasteiger partial charge in [-0.05, 0) is 31.6 Å². The number of thioether (sulfide) groups is 1. The molecule has 0 bridgehead atoms. The van der Waals surface area contributed by atoms with Crippen LogP contribution in [0.15, 0.2) is 0 Å². The summed E-state index contributed by atoms with van der Waals surface area (Å²) >= 11 is 1.75. The molecule has 2 saturated heterocycles. The molecule has 2 aliphatic heterocycles. The summed E-state index contributed by atoms with van der Waals surface area (Å²) < 4.78 is 0. The van der Waals surface area contributed by atoms with E-state index >= 15 is 0 Å². The highest BCUT2D eigenvalue weighted by molar-refractivity contribution is 7.98. The predicted octanol–water partition coefficient (Wildman–Crippen LogP) is 0.950. The van der Waals surface area contributed by atoms with Gasteiger partial charge in [0.15, 0.2) is 0 Å². The molecule has 15 heavy (non-hydrogen) atoms. The normalized spacial score (nSPS) is 30.3. The molecule has 86 valence electrons. The van der Waals surface area contributed by atoms with Crippen molar-refractivity contribution in [2.45, 2.75) is 25.3 Å². The largest absolute Gasteiger partial charge is 0.341 e. The Kier molecular flexibility index (Phi) is 3.92. The van der Waals surface area contributed by atoms with Crippen LogP contribution < -0.4 is 5.32 Å². The smallest absolute Gasteiger partial charge is 0.223 e. The third-order valence-electron chi connectivity index (χ3n) is 3.47. The molecule has 0 radical (unpaired) electrons. The van der Waals surface area contributed by atoms with Gasteiger partial charge in [-0.25, -0.2) is 0 Å². The zero-order valence-electron chi connectivity index (χ0n) is 9.37. The van der Waals surface area contributed by atoms with Gasteiger partial charge in [0.1, 0.15) is 0 Å². The highest BCUT2D eigenvalue weighted by Gasteiger charge is 2.35. The zero-order valence-corrected chi connectivity index (χ0v) is 10.2. The third kappa shape index (κ3) is 2.67. The van der Waals surface area contributed by atoms with E-state index < -0.39 is 0 Å². The van der Waals surface area contributed by atoms with Crippen molar-refractivity contribution in [3.05, 3.63) is 0 Å². The molecule has 2 aliphatic rings. The van der Waals surface area contributed by atoms with Gasteiger partial charge in [-0.2, -0.15) is 11.8 Å². The number of rotatable bonds is 3. The van der Waals surface area contributed by atoms with E-state index in [9.17, 15) is 4.79 Å². The number of fused-ring (bicyclic) bond motifs is 1. The number of carbonyl (C=O) groups excluding carboxylic acids is 1. The van der Waals surface area contributed by atoms with Gasteiger partial charge in [-0.3, -0.25) is 4.79 Å². The van der Waals surface area contributed by atoms with E-state index in [1.165, 1.54) is 12.8 Å². The lowest BCUT2D eigenvalue weighted by Gasteiger charge is -2.24. The highest BCUT2D eigenvalue weighted by Crippen LogP contribution is 2.25. The van der Waals surface area contributed by atoms with Gasteiger partial charge in [0.05, 0.1) is 0 Å². The van der Waals surface area contributed by atoms with Crippen molar-refractivity contribution >= 4 is 17.7 Å². The van der Waals surface area contributed by atoms with E-state index in [-0.39, 0.29) is 0 Å². The Bertz CT molecular complexity index is 221. The monoisotopic (exact) mass is 228 g/mol. The van der Waals surface area contributed by atoms with Crippen molar-refractivity contribution in [1.82, 2.24) is 10.2 Å². The molecular weight excluding hydrogens is 208 g/mol. The number of hydrogen-bond acceptors (Lipinski definition) is 3. The van der Waals surface area contributed by atoms with Crippen molar-refractivity contribution in [3.8, 4) is 0 Å². The first-order valence-corrected chi connectivity index (χ1v) is 7.20. The molecule has 0 spiro atoms. The van der Waals surface area contributed by atoms with Crippen LogP contribution >= 0.6 is 11.8 Å². The molecule has 4 heteroatoms. The number of hydrogen-bond donors (Lipinski definition) is 1. The Morgan fingerprint density at radius 1 is 1.53 bits per heavy atom. The van der Waals surface area contributed by atoms with E-state index in [0.717, 1.165) is 31.3 Å². The molecule has 0 aliphatic carbocycles. The summed E-state index contributed by atoms with van der Waals surface area (Å²) in [5.41, 5.74) is 0. The second-order valence-corrected chi connectivity index (χ2v) is 5.49. The molecule has 0 saturated carbocycles. The molecule has 1 N–H and O–H groups in total. The van der Waals surface area contributed by atoms with Crippen LogP contribution in [-0.2, 0) is 4.79 Å². The Morgan fingerprint density at radius 3 is 3.13 bits per heavy atom. The molecule has 2 rings (SSSR count). The molecule has 2 unspecified atom stereocenters. The van der Waals surface area contributed by atoms with Gasteiger partial charge in [-0.15, -0.1) is 0 Å². The van der Waals surface area contributed by atoms with Crippen molar-refractivity contribution in [2.24, 2.45) is 5.92 Å². The van der Waals surface area contributed by atoms with E-state index in [4.69, 9.17) is 0 Å². The van der Waals surface area contributed by atoms with Gasteiger partial charge in [-0.1, -0.05) is 0 Å². The standard InChI is InChI=1S/C11H20N2OS/c1-15-6-4-11(14)13-7-9-3-2-5-12-10(9)8-13/h9-10,12H,2-8H2,1H3. The van der Waals surface area contributed by atoms with Crippen LogP contribution in [0.25, 0.3) is 0 Å². The lowest BCUT2D eigenvalue weighted by molar-refractivity contribution is -0.129. The summed E-state index contributed by atoms with van der Waals surface area (Å²) in [5, 5.41) is 3.52. The van der Waals surface area contributed by atoms with Gasteiger partial charge in [0, 0.05) is 31.3 Å². The first kappa shape index (κ1) is 11.3. The third-order valence-corrected chi connectivity index (χ3v) is 4.08. The average Bonchev–Trinajstić information content (AvgIpc) is 2.69. The van der Waals surface area contributed by atoms with E-state index in [1.807, 2.05) is 0 Å². The quantitative estimate of drug-likeness (QED) is 0.780. The topological polar surface area (TPSA) is 32.3 Å². The summed E-state index contributed by atoms with van der Waals surface area (Å²) in [6, 6.07) is 0.581. The van der Waals surface area contributed by atoms with Crippen LogP contribution in [0, 0.1) is 5.92 Å². The Labute approximate surface area is 96.0 Å². The van der Waals surface area contributed by atoms with Crippen molar-refractivity contribution in [2.75, 3.05) is 31.6 Å². The minimum atomic E-state index is 0.348. The summed E-state index contributed by atoms with van der Waals surface area (Å²) in [7, 11) is 0. The Hall–Kier alpha value is -0.220. The fourth-order valence-electron chi connectivity index (χ4n) is 2.60. The van der Waals surface area contributed by atoms with Crippen LogP contribution in [0.3, 0.4) is 0 Å². The maximum Gasteiger partial charge on any atom is 0.223 e. The first-order valence-electron chi connectivity index (χ1n) is 5.81. The zero-order chi connectivity index (χ0) is 10.7. The highest BCUT2D eigenvalue weighted by atomic mass is 32.2. The van der Waals surface area contributed by atoms with Crippen LogP contribution in [0.1, 0.15) is 19.3 Å². The van der Waals surface area contributed by atoms with Crippen LogP contribution in [-0.4, -0.2) is 48.5 Å². The fraction of sp³-hybridized carbons (Fsp3) is 0.909. The Morgan fingerprint density at radius 2 is 2.40 bits per heavy atom. The molecule has 0 aromatic carbocycles. The lowest BCUT2D eigenvalue weighted by atomic mass is 9.94. The fourth-order valence-corrected chi connectivity index (χ4v) is 2.98. The predicted molar refractivity (Wildman–Crippen MR) is 64.1 cm³/mol. The van der Waals surface area contributed by atoms with E-state index in [2.05, 4.69) is 16.5 Å². The number of likely N-dealkylation sites (tertiary alicyclic amines) is 1. The second-order valence-electron chi connectivity index (χ2n) is 4.50. The van der Waals surface area contributed by atoms with Gasteiger partial charge in [0.2, 0.25) is 5.91 Å². The summed E-state index contributed by atoms with van der Waals surface area (Å²) in [6.45, 7) is 3.07. The number of amides is 1. The minimum absolute atomic E-state index is 0.348. The number of piperidine rings is 1. The van der Waals surface area contributed by atoms with Gasteiger partial charge < -0.3 is 10.2 Å². The van der Waals surface area contributed by atoms with Crippen LogP contribution in [0.4, 0.5) is 0 Å². The van der Waals surface area contributed by atoms with Crippen LogP contribution in [0.5, 0.6) is 0 Å². The lowest BCUT2D eigenvalue weighted by Crippen LogP contribution is -2.41. The van der Waals surface area contributed by atoms with Gasteiger partial charge >= 0.3 is 0 Å². The number of carbonyl (C=O) groups is 1. The SMILES string of the molecule is CSCCC(=O)N1CC2CCCNC2C1. The summed E-state index contributed by atoms with van der Waals surface area (Å²) in [4.78, 5) is 13.9. The van der Waals surface area contributed by atoms with Crippen molar-refractivity contribution in [1.29, 1.82) is 0 Å². The van der Waals surface area contributed by atoms with Crippen molar-refractivity contribution in [3.63, 3.8) is 0 Å².